The van der Waals surface area contributed by atoms with Gasteiger partial charge in [-0.2, -0.15) is 0 Å². The first-order valence-electron chi connectivity index (χ1n) is 7.92. The Morgan fingerprint density at radius 3 is 2.88 bits per heavy atom. The molecule has 1 atom stereocenters. The zero-order chi connectivity index (χ0) is 17.5. The molecule has 0 radical (unpaired) electrons. The molecule has 2 heterocycles. The summed E-state index contributed by atoms with van der Waals surface area (Å²) in [6.45, 7) is 1.53. The fraction of sp³-hybridized carbons (Fsp3) is 0.375. The number of thioether (sulfide) groups is 1. The van der Waals surface area contributed by atoms with E-state index < -0.39 is 5.91 Å². The highest BCUT2D eigenvalue weighted by Gasteiger charge is 2.16. The maximum Gasteiger partial charge on any atom is 0.257 e. The number of imide groups is 1. The maximum absolute atomic E-state index is 11.9. The molecule has 0 aliphatic carbocycles. The van der Waals surface area contributed by atoms with Crippen LogP contribution in [0.15, 0.2) is 34.7 Å². The summed E-state index contributed by atoms with van der Waals surface area (Å²) in [5.74, 6) is -0.649. The summed E-state index contributed by atoms with van der Waals surface area (Å²) >= 11 is 2.64. The predicted molar refractivity (Wildman–Crippen MR) is 97.0 cm³/mol. The molecule has 2 amide bonds. The number of benzene rings is 1. The lowest BCUT2D eigenvalue weighted by Gasteiger charge is -2.08. The molecule has 1 aromatic heterocycles. The molecule has 0 spiro atoms. The molecule has 2 N–H and O–H groups in total. The van der Waals surface area contributed by atoms with Crippen LogP contribution in [0.5, 0.6) is 0 Å². The van der Waals surface area contributed by atoms with Gasteiger partial charge in [-0.05, 0) is 25.0 Å². The van der Waals surface area contributed by atoms with Crippen LogP contribution < -0.4 is 10.6 Å². The van der Waals surface area contributed by atoms with Gasteiger partial charge < -0.3 is 10.1 Å². The van der Waals surface area contributed by atoms with Crippen LogP contribution in [0.3, 0.4) is 0 Å². The third kappa shape index (κ3) is 5.52. The van der Waals surface area contributed by atoms with Crippen molar-refractivity contribution in [3.8, 4) is 0 Å². The van der Waals surface area contributed by atoms with Crippen molar-refractivity contribution in [3.63, 3.8) is 0 Å². The van der Waals surface area contributed by atoms with Crippen molar-refractivity contribution in [2.45, 2.75) is 23.3 Å². The van der Waals surface area contributed by atoms with Crippen LogP contribution in [0.2, 0.25) is 0 Å². The molecule has 1 aliphatic rings. The Kier molecular flexibility index (Phi) is 6.37. The first-order valence-corrected chi connectivity index (χ1v) is 9.72. The minimum atomic E-state index is -0.401. The molecule has 1 saturated heterocycles. The summed E-state index contributed by atoms with van der Waals surface area (Å²) in [5, 5.41) is 14.3. The fourth-order valence-corrected chi connectivity index (χ4v) is 3.86. The minimum absolute atomic E-state index is 0.110. The van der Waals surface area contributed by atoms with E-state index in [1.54, 1.807) is 24.3 Å². The number of carbonyl (C=O) groups excluding carboxylic acids is 2. The normalized spacial score (nSPS) is 16.6. The number of aromatic nitrogens is 2. The number of rotatable bonds is 7. The summed E-state index contributed by atoms with van der Waals surface area (Å²) in [6, 6.07) is 8.63. The smallest absolute Gasteiger partial charge is 0.257 e. The molecule has 0 bridgehead atoms. The van der Waals surface area contributed by atoms with Crippen molar-refractivity contribution in [1.29, 1.82) is 0 Å². The molecule has 1 aliphatic heterocycles. The number of hydrogen-bond acceptors (Lipinski definition) is 8. The standard InChI is InChI=1S/C16H18N4O3S2/c21-13(18-14(22)11-5-2-1-3-6-11)10-24-16-20-19-15(25-16)17-9-12-7-4-8-23-12/h1-3,5-6,12H,4,7-10H2,(H,17,19)(H,18,21,22)/t12-/m0/s1. The van der Waals surface area contributed by atoms with Crippen LogP contribution in [0, 0.1) is 0 Å². The van der Waals surface area contributed by atoms with Crippen molar-refractivity contribution >= 4 is 40.0 Å². The Morgan fingerprint density at radius 2 is 2.12 bits per heavy atom. The van der Waals surface area contributed by atoms with E-state index in [0.29, 0.717) is 21.6 Å². The molecular weight excluding hydrogens is 360 g/mol. The lowest BCUT2D eigenvalue weighted by atomic mass is 10.2. The van der Waals surface area contributed by atoms with Crippen LogP contribution >= 0.6 is 23.1 Å². The third-order valence-corrected chi connectivity index (χ3v) is 5.54. The van der Waals surface area contributed by atoms with Gasteiger partial charge in [-0.3, -0.25) is 14.9 Å². The van der Waals surface area contributed by atoms with Gasteiger partial charge in [-0.1, -0.05) is 41.3 Å². The van der Waals surface area contributed by atoms with Gasteiger partial charge in [0, 0.05) is 18.7 Å². The molecule has 7 nitrogen and oxygen atoms in total. The molecule has 2 aromatic rings. The second kappa shape index (κ2) is 8.93. The second-order valence-corrected chi connectivity index (χ2v) is 7.62. The van der Waals surface area contributed by atoms with Crippen LogP contribution in [0.4, 0.5) is 5.13 Å². The SMILES string of the molecule is O=C(CSc1nnc(NC[C@@H]2CCCO2)s1)NC(=O)c1ccccc1. The van der Waals surface area contributed by atoms with Crippen LogP contribution in [-0.2, 0) is 9.53 Å². The van der Waals surface area contributed by atoms with E-state index in [1.165, 1.54) is 23.1 Å². The van der Waals surface area contributed by atoms with Crippen molar-refractivity contribution in [2.75, 3.05) is 24.2 Å². The van der Waals surface area contributed by atoms with E-state index in [0.717, 1.165) is 19.4 Å². The van der Waals surface area contributed by atoms with E-state index in [2.05, 4.69) is 20.8 Å². The molecule has 3 rings (SSSR count). The number of nitrogens with one attached hydrogen (secondary N) is 2. The highest BCUT2D eigenvalue weighted by molar-refractivity contribution is 8.01. The van der Waals surface area contributed by atoms with Gasteiger partial charge in [0.15, 0.2) is 4.34 Å². The number of anilines is 1. The number of ether oxygens (including phenoxy) is 1. The average Bonchev–Trinajstić information content (AvgIpc) is 3.30. The van der Waals surface area contributed by atoms with E-state index in [-0.39, 0.29) is 17.8 Å². The quantitative estimate of drug-likeness (QED) is 0.713. The van der Waals surface area contributed by atoms with Gasteiger partial charge in [0.2, 0.25) is 11.0 Å². The van der Waals surface area contributed by atoms with Crippen molar-refractivity contribution < 1.29 is 14.3 Å². The summed E-state index contributed by atoms with van der Waals surface area (Å²) in [4.78, 5) is 23.8. The molecule has 1 aromatic carbocycles. The predicted octanol–water partition coefficient (Wildman–Crippen LogP) is 2.18. The Morgan fingerprint density at radius 1 is 1.28 bits per heavy atom. The summed E-state index contributed by atoms with van der Waals surface area (Å²) < 4.78 is 6.22. The lowest BCUT2D eigenvalue weighted by molar-refractivity contribution is -0.117. The molecule has 132 valence electrons. The van der Waals surface area contributed by atoms with Gasteiger partial charge in [0.1, 0.15) is 0 Å². The molecule has 9 heteroatoms. The van der Waals surface area contributed by atoms with E-state index >= 15 is 0 Å². The monoisotopic (exact) mass is 378 g/mol. The highest BCUT2D eigenvalue weighted by atomic mass is 32.2. The zero-order valence-corrected chi connectivity index (χ0v) is 15.1. The molecular formula is C16H18N4O3S2. The first-order chi connectivity index (χ1) is 12.2. The van der Waals surface area contributed by atoms with E-state index in [1.807, 2.05) is 6.07 Å². The van der Waals surface area contributed by atoms with Gasteiger partial charge in [-0.25, -0.2) is 0 Å². The molecule has 25 heavy (non-hydrogen) atoms. The number of hydrogen-bond donors (Lipinski definition) is 2. The molecule has 0 unspecified atom stereocenters. The van der Waals surface area contributed by atoms with Crippen LogP contribution in [0.1, 0.15) is 23.2 Å². The minimum Gasteiger partial charge on any atom is -0.376 e. The second-order valence-electron chi connectivity index (χ2n) is 5.42. The Labute approximate surface area is 153 Å². The Bertz CT molecular complexity index is 717. The van der Waals surface area contributed by atoms with Crippen molar-refractivity contribution in [3.05, 3.63) is 35.9 Å². The largest absolute Gasteiger partial charge is 0.376 e. The number of nitrogens with zero attached hydrogens (tertiary/aromatic N) is 2. The summed E-state index contributed by atoms with van der Waals surface area (Å²) in [7, 11) is 0. The summed E-state index contributed by atoms with van der Waals surface area (Å²) in [5.41, 5.74) is 0.456. The molecule has 0 saturated carbocycles. The zero-order valence-electron chi connectivity index (χ0n) is 13.4. The average molecular weight is 378 g/mol. The third-order valence-electron chi connectivity index (χ3n) is 3.53. The van der Waals surface area contributed by atoms with Gasteiger partial charge in [0.25, 0.3) is 5.91 Å². The van der Waals surface area contributed by atoms with E-state index in [9.17, 15) is 9.59 Å². The van der Waals surface area contributed by atoms with E-state index in [4.69, 9.17) is 4.74 Å². The van der Waals surface area contributed by atoms with Gasteiger partial charge in [-0.15, -0.1) is 10.2 Å². The van der Waals surface area contributed by atoms with Crippen molar-refractivity contribution in [2.24, 2.45) is 0 Å². The Balaban J connectivity index is 1.40. The summed E-state index contributed by atoms with van der Waals surface area (Å²) in [6.07, 6.45) is 2.39. The first kappa shape index (κ1) is 17.8. The number of amides is 2. The van der Waals surface area contributed by atoms with Crippen molar-refractivity contribution in [1.82, 2.24) is 15.5 Å². The highest BCUT2D eigenvalue weighted by Crippen LogP contribution is 2.25. The maximum atomic E-state index is 11.9. The van der Waals surface area contributed by atoms with Crippen LogP contribution in [0.25, 0.3) is 0 Å². The van der Waals surface area contributed by atoms with Gasteiger partial charge in [0.05, 0.1) is 11.9 Å². The topological polar surface area (TPSA) is 93.2 Å². The Hall–Kier alpha value is -1.97. The number of carbonyl (C=O) groups is 2. The molecule has 1 fully saturated rings. The van der Waals surface area contributed by atoms with Gasteiger partial charge >= 0.3 is 0 Å². The lowest BCUT2D eigenvalue weighted by Crippen LogP contribution is -2.31. The van der Waals surface area contributed by atoms with Crippen LogP contribution in [-0.4, -0.2) is 47.0 Å². The fourth-order valence-electron chi connectivity index (χ4n) is 2.30.